The van der Waals surface area contributed by atoms with Gasteiger partial charge in [0.2, 0.25) is 0 Å². The number of pyridine rings is 2. The summed E-state index contributed by atoms with van der Waals surface area (Å²) >= 11 is 0. The van der Waals surface area contributed by atoms with Crippen LogP contribution in [0.4, 0.5) is 4.79 Å². The van der Waals surface area contributed by atoms with Crippen LogP contribution < -0.4 is 0 Å². The van der Waals surface area contributed by atoms with Crippen molar-refractivity contribution in [3.05, 3.63) is 60.7 Å². The van der Waals surface area contributed by atoms with E-state index in [2.05, 4.69) is 49.9 Å². The maximum atomic E-state index is 12.2. The van der Waals surface area contributed by atoms with E-state index in [1.165, 1.54) is 0 Å². The molecule has 38 heavy (non-hydrogen) atoms. The molecule has 0 atom stereocenters. The van der Waals surface area contributed by atoms with Crippen molar-refractivity contribution < 1.29 is 14.3 Å². The van der Waals surface area contributed by atoms with Gasteiger partial charge in [0.1, 0.15) is 17.9 Å². The molecule has 1 saturated heterocycles. The molecule has 196 valence electrons. The van der Waals surface area contributed by atoms with Crippen molar-refractivity contribution in [1.82, 2.24) is 24.8 Å². The molecule has 1 aliphatic heterocycles. The van der Waals surface area contributed by atoms with Gasteiger partial charge in [0.05, 0.1) is 6.61 Å². The average Bonchev–Trinajstić information content (AvgIpc) is 3.28. The van der Waals surface area contributed by atoms with Crippen LogP contribution in [0.1, 0.15) is 26.5 Å². The predicted molar refractivity (Wildman–Crippen MR) is 149 cm³/mol. The number of ether oxygens (including phenoxy) is 2. The smallest absolute Gasteiger partial charge is 0.410 e. The molecule has 1 fully saturated rings. The van der Waals surface area contributed by atoms with Crippen molar-refractivity contribution in [2.24, 2.45) is 0 Å². The lowest BCUT2D eigenvalue weighted by Gasteiger charge is -2.35. The number of benzene rings is 1. The van der Waals surface area contributed by atoms with Crippen LogP contribution in [-0.2, 0) is 9.47 Å². The van der Waals surface area contributed by atoms with Crippen LogP contribution in [-0.4, -0.2) is 82.4 Å². The molecule has 3 aromatic heterocycles. The third-order valence-electron chi connectivity index (χ3n) is 6.46. The standard InChI is InChI=1S/C30H33N5O3/c1-30(2,3)38-29(36)35-14-12-34(13-15-35)16-18-37-17-4-5-24-8-6-23(20-32-24)22-7-9-25-26-21-31-11-10-27(26)33-28(25)19-22/h6-11,19-21,33H,12-18H2,1-3H3. The highest BCUT2D eigenvalue weighted by Crippen LogP contribution is 2.29. The maximum absolute atomic E-state index is 12.2. The Bertz CT molecular complexity index is 1470. The number of amides is 1. The molecule has 0 unspecified atom stereocenters. The minimum Gasteiger partial charge on any atom is -0.444 e. The quantitative estimate of drug-likeness (QED) is 0.309. The molecule has 5 rings (SSSR count). The minimum atomic E-state index is -0.466. The fourth-order valence-electron chi connectivity index (χ4n) is 4.49. The second-order valence-electron chi connectivity index (χ2n) is 10.4. The van der Waals surface area contributed by atoms with Gasteiger partial charge in [0.25, 0.3) is 0 Å². The Morgan fingerprint density at radius 2 is 1.82 bits per heavy atom. The first kappa shape index (κ1) is 25.7. The summed E-state index contributed by atoms with van der Waals surface area (Å²) in [5, 5.41) is 2.29. The highest BCUT2D eigenvalue weighted by Gasteiger charge is 2.25. The molecule has 4 aromatic rings. The Morgan fingerprint density at radius 3 is 2.58 bits per heavy atom. The number of aromatic nitrogens is 3. The number of carbonyl (C=O) groups is 1. The van der Waals surface area contributed by atoms with E-state index < -0.39 is 5.60 Å². The Kier molecular flexibility index (Phi) is 7.59. The van der Waals surface area contributed by atoms with Gasteiger partial charge in [-0.3, -0.25) is 9.88 Å². The number of nitrogens with zero attached hydrogens (tertiary/aromatic N) is 4. The summed E-state index contributed by atoms with van der Waals surface area (Å²) in [7, 11) is 0. The summed E-state index contributed by atoms with van der Waals surface area (Å²) in [5.41, 5.74) is 4.55. The first-order valence-electron chi connectivity index (χ1n) is 12.9. The predicted octanol–water partition coefficient (Wildman–Crippen LogP) is 4.70. The van der Waals surface area contributed by atoms with Gasteiger partial charge in [0.15, 0.2) is 0 Å². The Morgan fingerprint density at radius 1 is 1.00 bits per heavy atom. The molecule has 0 bridgehead atoms. The summed E-state index contributed by atoms with van der Waals surface area (Å²) in [5.74, 6) is 6.12. The number of hydrogen-bond donors (Lipinski definition) is 1. The maximum Gasteiger partial charge on any atom is 0.410 e. The summed E-state index contributed by atoms with van der Waals surface area (Å²) < 4.78 is 11.2. The number of aromatic amines is 1. The lowest BCUT2D eigenvalue weighted by Crippen LogP contribution is -2.50. The fraction of sp³-hybridized carbons (Fsp3) is 0.367. The van der Waals surface area contributed by atoms with Crippen molar-refractivity contribution in [2.75, 3.05) is 45.9 Å². The van der Waals surface area contributed by atoms with Crippen LogP contribution in [0.25, 0.3) is 32.9 Å². The SMILES string of the molecule is CC(C)(C)OC(=O)N1CCN(CCOCC#Cc2ccc(-c3ccc4c(c3)[nH]c3ccncc34)cn2)CC1. The molecule has 0 spiro atoms. The molecular formula is C30H33N5O3. The van der Waals surface area contributed by atoms with Crippen molar-refractivity contribution in [1.29, 1.82) is 0 Å². The minimum absolute atomic E-state index is 0.238. The molecule has 1 N–H and O–H groups in total. The second-order valence-corrected chi connectivity index (χ2v) is 10.4. The number of hydrogen-bond acceptors (Lipinski definition) is 6. The summed E-state index contributed by atoms with van der Waals surface area (Å²) in [6, 6.07) is 12.3. The first-order valence-corrected chi connectivity index (χ1v) is 12.9. The normalized spacial score (nSPS) is 14.4. The van der Waals surface area contributed by atoms with Crippen molar-refractivity contribution >= 4 is 27.9 Å². The monoisotopic (exact) mass is 511 g/mol. The number of carbonyl (C=O) groups excluding carboxylic acids is 1. The summed E-state index contributed by atoms with van der Waals surface area (Å²) in [6.07, 6.45) is 5.30. The third-order valence-corrected chi connectivity index (χ3v) is 6.46. The zero-order valence-electron chi connectivity index (χ0n) is 22.2. The van der Waals surface area contributed by atoms with Gasteiger partial charge in [0, 0.05) is 78.7 Å². The molecule has 0 saturated carbocycles. The Balaban J connectivity index is 1.06. The number of nitrogens with one attached hydrogen (secondary N) is 1. The highest BCUT2D eigenvalue weighted by molar-refractivity contribution is 6.07. The van der Waals surface area contributed by atoms with E-state index in [0.29, 0.717) is 32.0 Å². The second kappa shape index (κ2) is 11.2. The van der Waals surface area contributed by atoms with Gasteiger partial charge >= 0.3 is 6.09 Å². The molecule has 8 heteroatoms. The van der Waals surface area contributed by atoms with Crippen LogP contribution >= 0.6 is 0 Å². The zero-order valence-corrected chi connectivity index (χ0v) is 22.2. The number of rotatable bonds is 5. The number of fused-ring (bicyclic) bond motifs is 3. The summed E-state index contributed by atoms with van der Waals surface area (Å²) in [4.78, 5) is 28.4. The van der Waals surface area contributed by atoms with Crippen molar-refractivity contribution in [3.63, 3.8) is 0 Å². The van der Waals surface area contributed by atoms with E-state index in [0.717, 1.165) is 52.6 Å². The van der Waals surface area contributed by atoms with Crippen LogP contribution in [0.2, 0.25) is 0 Å². The Hall–Kier alpha value is -3.93. The van der Waals surface area contributed by atoms with E-state index in [4.69, 9.17) is 9.47 Å². The van der Waals surface area contributed by atoms with Crippen molar-refractivity contribution in [2.45, 2.75) is 26.4 Å². The molecule has 1 aromatic carbocycles. The molecule has 1 amide bonds. The molecule has 0 aliphatic carbocycles. The molecule has 4 heterocycles. The van der Waals surface area contributed by atoms with Gasteiger partial charge < -0.3 is 19.4 Å². The molecule has 0 radical (unpaired) electrons. The number of piperazine rings is 1. The number of H-pyrrole nitrogens is 1. The fourth-order valence-corrected chi connectivity index (χ4v) is 4.49. The van der Waals surface area contributed by atoms with Gasteiger partial charge in [-0.2, -0.15) is 0 Å². The highest BCUT2D eigenvalue weighted by atomic mass is 16.6. The Labute approximate surface area is 223 Å². The van der Waals surface area contributed by atoms with Crippen LogP contribution in [0, 0.1) is 11.8 Å². The van der Waals surface area contributed by atoms with E-state index >= 15 is 0 Å². The van der Waals surface area contributed by atoms with Gasteiger partial charge in [-0.25, -0.2) is 9.78 Å². The molecule has 1 aliphatic rings. The van der Waals surface area contributed by atoms with Crippen LogP contribution in [0.15, 0.2) is 55.0 Å². The van der Waals surface area contributed by atoms with E-state index in [1.807, 2.05) is 51.4 Å². The van der Waals surface area contributed by atoms with Crippen molar-refractivity contribution in [3.8, 4) is 23.0 Å². The van der Waals surface area contributed by atoms with E-state index in [-0.39, 0.29) is 6.09 Å². The van der Waals surface area contributed by atoms with E-state index in [9.17, 15) is 4.79 Å². The molecular weight excluding hydrogens is 478 g/mol. The van der Waals surface area contributed by atoms with Gasteiger partial charge in [-0.05, 0) is 50.5 Å². The molecule has 8 nitrogen and oxygen atoms in total. The topological polar surface area (TPSA) is 83.6 Å². The first-order chi connectivity index (χ1) is 18.4. The lowest BCUT2D eigenvalue weighted by atomic mass is 10.1. The largest absolute Gasteiger partial charge is 0.444 e. The third kappa shape index (κ3) is 6.31. The van der Waals surface area contributed by atoms with Crippen LogP contribution in [0.3, 0.4) is 0 Å². The van der Waals surface area contributed by atoms with Gasteiger partial charge in [-0.15, -0.1) is 0 Å². The van der Waals surface area contributed by atoms with Crippen LogP contribution in [0.5, 0.6) is 0 Å². The average molecular weight is 512 g/mol. The summed E-state index contributed by atoms with van der Waals surface area (Å²) in [6.45, 7) is 10.4. The van der Waals surface area contributed by atoms with E-state index in [1.54, 1.807) is 11.1 Å². The zero-order chi connectivity index (χ0) is 26.5. The van der Waals surface area contributed by atoms with Gasteiger partial charge in [-0.1, -0.05) is 24.1 Å². The lowest BCUT2D eigenvalue weighted by molar-refractivity contribution is 0.0122.